The Balaban J connectivity index is 1.54. The summed E-state index contributed by atoms with van der Waals surface area (Å²) < 4.78 is 1.94. The van der Waals surface area contributed by atoms with Gasteiger partial charge in [0, 0.05) is 22.5 Å². The first-order chi connectivity index (χ1) is 13.3. The lowest BCUT2D eigenvalue weighted by atomic mass is 10.2. The predicted octanol–water partition coefficient (Wildman–Crippen LogP) is 4.42. The molecule has 0 bridgehead atoms. The van der Waals surface area contributed by atoms with E-state index < -0.39 is 0 Å². The van der Waals surface area contributed by atoms with E-state index in [0.717, 1.165) is 33.2 Å². The van der Waals surface area contributed by atoms with Gasteiger partial charge in [0.05, 0.1) is 22.9 Å². The van der Waals surface area contributed by atoms with Crippen LogP contribution in [0.2, 0.25) is 0 Å². The van der Waals surface area contributed by atoms with Crippen molar-refractivity contribution in [3.05, 3.63) is 79.3 Å². The van der Waals surface area contributed by atoms with Crippen molar-refractivity contribution in [3.8, 4) is 11.4 Å². The van der Waals surface area contributed by atoms with Crippen LogP contribution in [-0.4, -0.2) is 24.9 Å². The Morgan fingerprint density at radius 2 is 1.85 bits per heavy atom. The molecule has 0 saturated carbocycles. The first-order valence-electron chi connectivity index (χ1n) is 8.52. The zero-order valence-electron chi connectivity index (χ0n) is 14.2. The van der Waals surface area contributed by atoms with Gasteiger partial charge in [0.2, 0.25) is 0 Å². The van der Waals surface area contributed by atoms with Gasteiger partial charge in [0.25, 0.3) is 0 Å². The average molecular weight is 353 g/mol. The van der Waals surface area contributed by atoms with E-state index in [0.29, 0.717) is 5.82 Å². The van der Waals surface area contributed by atoms with Crippen LogP contribution in [0.25, 0.3) is 27.5 Å². The molecule has 0 fully saturated rings. The number of nitrogens with one attached hydrogen (secondary N) is 1. The maximum absolute atomic E-state index is 9.72. The molecule has 130 valence electrons. The van der Waals surface area contributed by atoms with Crippen LogP contribution in [0.4, 0.5) is 11.5 Å². The molecule has 0 radical (unpaired) electrons. The first-order valence-corrected chi connectivity index (χ1v) is 8.52. The van der Waals surface area contributed by atoms with Crippen LogP contribution in [0.15, 0.2) is 79.3 Å². The van der Waals surface area contributed by atoms with Gasteiger partial charge in [-0.05, 0) is 30.3 Å². The number of fused-ring (bicyclic) bond motifs is 2. The van der Waals surface area contributed by atoms with Gasteiger partial charge >= 0.3 is 0 Å². The fraction of sp³-hybridized carbons (Fsp3) is 0. The molecule has 27 heavy (non-hydrogen) atoms. The van der Waals surface area contributed by atoms with Crippen LogP contribution < -0.4 is 5.32 Å². The number of hydrogen-bond acceptors (Lipinski definition) is 5. The van der Waals surface area contributed by atoms with E-state index in [4.69, 9.17) is 0 Å². The lowest BCUT2D eigenvalue weighted by Crippen LogP contribution is -1.97. The predicted molar refractivity (Wildman–Crippen MR) is 106 cm³/mol. The van der Waals surface area contributed by atoms with Crippen LogP contribution >= 0.6 is 0 Å². The summed E-state index contributed by atoms with van der Waals surface area (Å²) in [5, 5.41) is 23.4. The van der Waals surface area contributed by atoms with Crippen molar-refractivity contribution in [2.45, 2.75) is 0 Å². The number of rotatable bonds is 3. The Labute approximate surface area is 154 Å². The van der Waals surface area contributed by atoms with Crippen LogP contribution in [0, 0.1) is 0 Å². The molecule has 5 rings (SSSR count). The summed E-state index contributed by atoms with van der Waals surface area (Å²) in [6.07, 6.45) is 3.50. The number of phenols is 1. The summed E-state index contributed by atoms with van der Waals surface area (Å²) in [5.41, 5.74) is 3.54. The monoisotopic (exact) mass is 353 g/mol. The highest BCUT2D eigenvalue weighted by Gasteiger charge is 2.08. The molecule has 0 aliphatic rings. The standard InChI is InChI=1S/C21H15N5O/c27-17-6-3-5-16(11-17)26-13-22-19-10-15(8-9-20(19)26)24-21-18-7-2-1-4-14(18)12-23-25-21/h1-13,27H,(H,24,25). The molecule has 3 aromatic carbocycles. The maximum atomic E-state index is 9.72. The summed E-state index contributed by atoms with van der Waals surface area (Å²) in [6, 6.07) is 21.0. The second kappa shape index (κ2) is 6.10. The SMILES string of the molecule is Oc1cccc(-n2cnc3cc(Nc4nncc5ccccc45)ccc32)c1. The van der Waals surface area contributed by atoms with Crippen molar-refractivity contribution in [3.63, 3.8) is 0 Å². The minimum Gasteiger partial charge on any atom is -0.508 e. The van der Waals surface area contributed by atoms with E-state index in [1.165, 1.54) is 0 Å². The highest BCUT2D eigenvalue weighted by molar-refractivity contribution is 5.93. The molecule has 0 aliphatic carbocycles. The third kappa shape index (κ3) is 2.73. The normalized spacial score (nSPS) is 11.1. The Kier molecular flexibility index (Phi) is 3.47. The summed E-state index contributed by atoms with van der Waals surface area (Å²) >= 11 is 0. The third-order valence-corrected chi connectivity index (χ3v) is 4.49. The van der Waals surface area contributed by atoms with Gasteiger partial charge < -0.3 is 10.4 Å². The van der Waals surface area contributed by atoms with Crippen molar-refractivity contribution in [1.29, 1.82) is 0 Å². The quantitative estimate of drug-likeness (QED) is 0.502. The van der Waals surface area contributed by atoms with E-state index in [9.17, 15) is 5.11 Å². The van der Waals surface area contributed by atoms with Gasteiger partial charge in [-0.2, -0.15) is 5.10 Å². The van der Waals surface area contributed by atoms with Crippen molar-refractivity contribution >= 4 is 33.3 Å². The van der Waals surface area contributed by atoms with E-state index in [2.05, 4.69) is 20.5 Å². The van der Waals surface area contributed by atoms with Crippen LogP contribution in [0.1, 0.15) is 0 Å². The van der Waals surface area contributed by atoms with Crippen molar-refractivity contribution < 1.29 is 5.11 Å². The van der Waals surface area contributed by atoms with Crippen molar-refractivity contribution in [2.75, 3.05) is 5.32 Å². The summed E-state index contributed by atoms with van der Waals surface area (Å²) in [4.78, 5) is 4.49. The molecule has 2 N–H and O–H groups in total. The molecule has 0 atom stereocenters. The molecular weight excluding hydrogens is 338 g/mol. The number of hydrogen-bond donors (Lipinski definition) is 2. The number of aromatic hydroxyl groups is 1. The van der Waals surface area contributed by atoms with Crippen molar-refractivity contribution in [2.24, 2.45) is 0 Å². The second-order valence-corrected chi connectivity index (χ2v) is 6.24. The van der Waals surface area contributed by atoms with E-state index >= 15 is 0 Å². The summed E-state index contributed by atoms with van der Waals surface area (Å²) in [5.74, 6) is 0.932. The molecule has 0 saturated heterocycles. The molecule has 0 spiro atoms. The number of phenolic OH excluding ortho intramolecular Hbond substituents is 1. The molecule has 6 heteroatoms. The number of imidazole rings is 1. The fourth-order valence-electron chi connectivity index (χ4n) is 3.20. The van der Waals surface area contributed by atoms with Gasteiger partial charge in [-0.25, -0.2) is 4.98 Å². The Bertz CT molecular complexity index is 1270. The van der Waals surface area contributed by atoms with E-state index in [1.807, 2.05) is 59.2 Å². The van der Waals surface area contributed by atoms with Crippen LogP contribution in [0.3, 0.4) is 0 Å². The topological polar surface area (TPSA) is 75.9 Å². The van der Waals surface area contributed by atoms with E-state index in [1.54, 1.807) is 24.7 Å². The zero-order valence-corrected chi connectivity index (χ0v) is 14.2. The highest BCUT2D eigenvalue weighted by atomic mass is 16.3. The largest absolute Gasteiger partial charge is 0.508 e. The molecule has 0 amide bonds. The Hall–Kier alpha value is -3.93. The smallest absolute Gasteiger partial charge is 0.160 e. The van der Waals surface area contributed by atoms with Gasteiger partial charge in [-0.15, -0.1) is 5.10 Å². The van der Waals surface area contributed by atoms with E-state index in [-0.39, 0.29) is 5.75 Å². The summed E-state index contributed by atoms with van der Waals surface area (Å²) in [6.45, 7) is 0. The minimum absolute atomic E-state index is 0.224. The molecule has 2 heterocycles. The van der Waals surface area contributed by atoms with Gasteiger partial charge in [-0.1, -0.05) is 30.3 Å². The molecular formula is C21H15N5O. The van der Waals surface area contributed by atoms with Crippen LogP contribution in [0.5, 0.6) is 5.75 Å². The number of anilines is 2. The lowest BCUT2D eigenvalue weighted by Gasteiger charge is -2.09. The molecule has 6 nitrogen and oxygen atoms in total. The lowest BCUT2D eigenvalue weighted by molar-refractivity contribution is 0.475. The molecule has 2 aromatic heterocycles. The number of nitrogens with zero attached hydrogens (tertiary/aromatic N) is 4. The molecule has 0 aliphatic heterocycles. The average Bonchev–Trinajstić information content (AvgIpc) is 3.12. The zero-order chi connectivity index (χ0) is 18.2. The summed E-state index contributed by atoms with van der Waals surface area (Å²) in [7, 11) is 0. The van der Waals surface area contributed by atoms with Gasteiger partial charge in [0.1, 0.15) is 12.1 Å². The minimum atomic E-state index is 0.224. The van der Waals surface area contributed by atoms with Gasteiger partial charge in [-0.3, -0.25) is 4.57 Å². The Morgan fingerprint density at radius 1 is 0.926 bits per heavy atom. The second-order valence-electron chi connectivity index (χ2n) is 6.24. The Morgan fingerprint density at radius 3 is 2.78 bits per heavy atom. The fourth-order valence-corrected chi connectivity index (χ4v) is 3.20. The molecule has 0 unspecified atom stereocenters. The first kappa shape index (κ1) is 15.3. The molecule has 5 aromatic rings. The van der Waals surface area contributed by atoms with Gasteiger partial charge in [0.15, 0.2) is 5.82 Å². The number of benzene rings is 3. The highest BCUT2D eigenvalue weighted by Crippen LogP contribution is 2.27. The number of aromatic nitrogens is 4. The maximum Gasteiger partial charge on any atom is 0.160 e. The van der Waals surface area contributed by atoms with Crippen LogP contribution in [-0.2, 0) is 0 Å². The third-order valence-electron chi connectivity index (χ3n) is 4.49. The van der Waals surface area contributed by atoms with Crippen molar-refractivity contribution in [1.82, 2.24) is 19.7 Å².